The first-order chi connectivity index (χ1) is 9.00. The van der Waals surface area contributed by atoms with E-state index in [1.165, 1.54) is 4.90 Å². The minimum Gasteiger partial charge on any atom is -0.444 e. The van der Waals surface area contributed by atoms with Crippen LogP contribution in [0.3, 0.4) is 0 Å². The van der Waals surface area contributed by atoms with Crippen molar-refractivity contribution >= 4 is 12.0 Å². The van der Waals surface area contributed by atoms with Gasteiger partial charge in [0, 0.05) is 13.1 Å². The zero-order chi connectivity index (χ0) is 15.3. The van der Waals surface area contributed by atoms with Crippen LogP contribution in [0.15, 0.2) is 0 Å². The van der Waals surface area contributed by atoms with E-state index >= 15 is 0 Å². The number of nitrogens with zero attached hydrogens (tertiary/aromatic N) is 2. The molecular formula is C12H17F3N2O3. The van der Waals surface area contributed by atoms with Gasteiger partial charge in [0.05, 0.1) is 12.1 Å². The summed E-state index contributed by atoms with van der Waals surface area (Å²) in [5, 5.41) is 0. The third-order valence-electron chi connectivity index (χ3n) is 3.43. The van der Waals surface area contributed by atoms with E-state index in [-0.39, 0.29) is 19.1 Å². The van der Waals surface area contributed by atoms with Crippen LogP contribution < -0.4 is 0 Å². The maximum atomic E-state index is 12.4. The summed E-state index contributed by atoms with van der Waals surface area (Å²) in [6.45, 7) is 5.28. The molecule has 5 nitrogen and oxygen atoms in total. The van der Waals surface area contributed by atoms with E-state index in [1.54, 1.807) is 20.8 Å². The fourth-order valence-electron chi connectivity index (χ4n) is 2.57. The van der Waals surface area contributed by atoms with Crippen molar-refractivity contribution in [2.24, 2.45) is 0 Å². The summed E-state index contributed by atoms with van der Waals surface area (Å²) in [7, 11) is 0. The first-order valence-electron chi connectivity index (χ1n) is 6.38. The van der Waals surface area contributed by atoms with Crippen LogP contribution in [0.4, 0.5) is 18.0 Å². The van der Waals surface area contributed by atoms with Crippen molar-refractivity contribution in [1.82, 2.24) is 9.80 Å². The van der Waals surface area contributed by atoms with Crippen molar-refractivity contribution in [3.63, 3.8) is 0 Å². The highest BCUT2D eigenvalue weighted by Crippen LogP contribution is 2.36. The smallest absolute Gasteiger partial charge is 0.444 e. The van der Waals surface area contributed by atoms with Gasteiger partial charge in [0.25, 0.3) is 0 Å². The van der Waals surface area contributed by atoms with Gasteiger partial charge < -0.3 is 14.5 Å². The van der Waals surface area contributed by atoms with Crippen LogP contribution in [0.1, 0.15) is 27.2 Å². The highest BCUT2D eigenvalue weighted by atomic mass is 19.4. The van der Waals surface area contributed by atoms with Crippen molar-refractivity contribution in [2.45, 2.75) is 51.1 Å². The summed E-state index contributed by atoms with van der Waals surface area (Å²) in [6, 6.07) is -0.909. The number of halogens is 3. The number of ether oxygens (including phenoxy) is 1. The van der Waals surface area contributed by atoms with Gasteiger partial charge in [-0.3, -0.25) is 4.79 Å². The molecule has 2 heterocycles. The standard InChI is InChI=1S/C12H17F3N2O3/c1-11(2,3)20-10(19)17-6-8-7(17)4-5-16(8)9(18)12(13,14)15/h7-8H,4-6H2,1-3H3/t7-,8-/m0/s1. The molecule has 0 saturated carbocycles. The average molecular weight is 294 g/mol. The van der Waals surface area contributed by atoms with Gasteiger partial charge in [0.1, 0.15) is 5.60 Å². The molecule has 0 N–H and O–H groups in total. The number of hydrogen-bond donors (Lipinski definition) is 0. The zero-order valence-corrected chi connectivity index (χ0v) is 11.5. The van der Waals surface area contributed by atoms with E-state index in [4.69, 9.17) is 4.74 Å². The maximum absolute atomic E-state index is 12.4. The Bertz CT molecular complexity index is 431. The molecule has 0 bridgehead atoms. The van der Waals surface area contributed by atoms with Crippen molar-refractivity contribution in [3.05, 3.63) is 0 Å². The summed E-state index contributed by atoms with van der Waals surface area (Å²) in [5.41, 5.74) is -0.651. The minimum atomic E-state index is -4.86. The molecule has 8 heteroatoms. The number of amides is 2. The third-order valence-corrected chi connectivity index (χ3v) is 3.43. The SMILES string of the molecule is CC(C)(C)OC(=O)N1C[C@H]2[C@@H]1CCN2C(=O)C(F)(F)F. The monoisotopic (exact) mass is 294 g/mol. The Morgan fingerprint density at radius 3 is 2.20 bits per heavy atom. The molecule has 2 rings (SSSR count). The first kappa shape index (κ1) is 14.9. The number of alkyl halides is 3. The topological polar surface area (TPSA) is 49.9 Å². The second kappa shape index (κ2) is 4.53. The van der Waals surface area contributed by atoms with E-state index in [9.17, 15) is 22.8 Å². The largest absolute Gasteiger partial charge is 0.471 e. The van der Waals surface area contributed by atoms with Crippen molar-refractivity contribution in [2.75, 3.05) is 13.1 Å². The lowest BCUT2D eigenvalue weighted by Gasteiger charge is -2.46. The molecule has 0 aromatic rings. The molecule has 2 saturated heterocycles. The van der Waals surface area contributed by atoms with Gasteiger partial charge >= 0.3 is 18.2 Å². The Morgan fingerprint density at radius 2 is 1.70 bits per heavy atom. The lowest BCUT2D eigenvalue weighted by molar-refractivity contribution is -0.188. The molecule has 0 radical (unpaired) electrons. The molecule has 20 heavy (non-hydrogen) atoms. The summed E-state index contributed by atoms with van der Waals surface area (Å²) in [6.07, 6.45) is -5.05. The summed E-state index contributed by atoms with van der Waals surface area (Å²) in [4.78, 5) is 25.3. The molecular weight excluding hydrogens is 277 g/mol. The highest BCUT2D eigenvalue weighted by molar-refractivity contribution is 5.83. The van der Waals surface area contributed by atoms with Gasteiger partial charge in [0.15, 0.2) is 0 Å². The Morgan fingerprint density at radius 1 is 1.10 bits per heavy atom. The van der Waals surface area contributed by atoms with Crippen LogP contribution in [-0.4, -0.2) is 58.8 Å². The van der Waals surface area contributed by atoms with Gasteiger partial charge in [-0.1, -0.05) is 0 Å². The quantitative estimate of drug-likeness (QED) is 0.684. The fourth-order valence-corrected chi connectivity index (χ4v) is 2.57. The second-order valence-corrected chi connectivity index (χ2v) is 6.05. The molecule has 0 spiro atoms. The van der Waals surface area contributed by atoms with Crippen molar-refractivity contribution in [3.8, 4) is 0 Å². The number of carbonyl (C=O) groups excluding carboxylic acids is 2. The lowest BCUT2D eigenvalue weighted by atomic mass is 9.98. The van der Waals surface area contributed by atoms with E-state index < -0.39 is 29.8 Å². The molecule has 2 aliphatic rings. The van der Waals surface area contributed by atoms with Gasteiger partial charge in [0.2, 0.25) is 0 Å². The summed E-state index contributed by atoms with van der Waals surface area (Å²) < 4.78 is 42.4. The van der Waals surface area contributed by atoms with Crippen LogP contribution in [0.2, 0.25) is 0 Å². The van der Waals surface area contributed by atoms with Crippen molar-refractivity contribution in [1.29, 1.82) is 0 Å². The van der Waals surface area contributed by atoms with Crippen LogP contribution in [0.25, 0.3) is 0 Å². The van der Waals surface area contributed by atoms with Gasteiger partial charge in [-0.2, -0.15) is 13.2 Å². The van der Waals surface area contributed by atoms with E-state index in [0.29, 0.717) is 6.42 Å². The van der Waals surface area contributed by atoms with Crippen LogP contribution in [0.5, 0.6) is 0 Å². The third kappa shape index (κ3) is 2.69. The average Bonchev–Trinajstić information content (AvgIpc) is 2.50. The van der Waals surface area contributed by atoms with Gasteiger partial charge in [-0.25, -0.2) is 4.79 Å². The molecule has 0 aromatic carbocycles. The number of rotatable bonds is 0. The van der Waals surface area contributed by atoms with E-state index in [1.807, 2.05) is 0 Å². The maximum Gasteiger partial charge on any atom is 0.471 e. The Kier molecular flexibility index (Phi) is 3.38. The van der Waals surface area contributed by atoms with E-state index in [0.717, 1.165) is 4.90 Å². The molecule has 2 amide bonds. The van der Waals surface area contributed by atoms with Crippen molar-refractivity contribution < 1.29 is 27.5 Å². The molecule has 0 aromatic heterocycles. The molecule has 2 atom stereocenters. The molecule has 2 aliphatic heterocycles. The van der Waals surface area contributed by atoms with Gasteiger partial charge in [-0.05, 0) is 27.2 Å². The normalized spacial score (nSPS) is 26.1. The predicted octanol–water partition coefficient (Wildman–Crippen LogP) is 1.77. The summed E-state index contributed by atoms with van der Waals surface area (Å²) >= 11 is 0. The number of carbonyl (C=O) groups is 2. The molecule has 2 fully saturated rings. The number of hydrogen-bond acceptors (Lipinski definition) is 3. The number of fused-ring (bicyclic) bond motifs is 1. The van der Waals surface area contributed by atoms with Crippen LogP contribution in [0, 0.1) is 0 Å². The lowest BCUT2D eigenvalue weighted by Crippen LogP contribution is -2.65. The van der Waals surface area contributed by atoms with E-state index in [2.05, 4.69) is 0 Å². The predicted molar refractivity (Wildman–Crippen MR) is 62.9 cm³/mol. The first-order valence-corrected chi connectivity index (χ1v) is 6.38. The minimum absolute atomic E-state index is 0.0208. The fraction of sp³-hybridized carbons (Fsp3) is 0.833. The Balaban J connectivity index is 1.96. The molecule has 114 valence electrons. The second-order valence-electron chi connectivity index (χ2n) is 6.05. The zero-order valence-electron chi connectivity index (χ0n) is 11.5. The molecule has 0 unspecified atom stereocenters. The van der Waals surface area contributed by atoms with Gasteiger partial charge in [-0.15, -0.1) is 0 Å². The summed E-state index contributed by atoms with van der Waals surface area (Å²) in [5.74, 6) is -1.83. The number of likely N-dealkylation sites (tertiary alicyclic amines) is 2. The Labute approximate surface area is 114 Å². The Hall–Kier alpha value is -1.47. The molecule has 0 aliphatic carbocycles. The van der Waals surface area contributed by atoms with Crippen LogP contribution in [-0.2, 0) is 9.53 Å². The highest BCUT2D eigenvalue weighted by Gasteiger charge is 2.56. The van der Waals surface area contributed by atoms with Crippen LogP contribution >= 0.6 is 0 Å².